The Labute approximate surface area is 159 Å². The first kappa shape index (κ1) is 18.8. The van der Waals surface area contributed by atoms with Crippen molar-refractivity contribution in [3.63, 3.8) is 0 Å². The van der Waals surface area contributed by atoms with Crippen LogP contribution in [0.4, 0.5) is 5.82 Å². The van der Waals surface area contributed by atoms with Crippen LogP contribution in [0.3, 0.4) is 0 Å². The molecule has 1 atom stereocenters. The summed E-state index contributed by atoms with van der Waals surface area (Å²) in [7, 11) is 3.84. The Balaban J connectivity index is 2.01. The molecule has 0 saturated heterocycles. The van der Waals surface area contributed by atoms with Gasteiger partial charge in [0.25, 0.3) is 0 Å². The molecule has 3 aromatic rings. The summed E-state index contributed by atoms with van der Waals surface area (Å²) in [4.78, 5) is 11.2. The molecule has 142 valence electrons. The second-order valence-electron chi connectivity index (χ2n) is 6.87. The monoisotopic (exact) mass is 366 g/mol. The maximum Gasteiger partial charge on any atom is 0.165 e. The number of rotatable bonds is 6. The Morgan fingerprint density at radius 2 is 2.00 bits per heavy atom. The van der Waals surface area contributed by atoms with E-state index in [9.17, 15) is 5.11 Å². The Morgan fingerprint density at radius 3 is 2.67 bits per heavy atom. The number of likely N-dealkylation sites (N-methyl/N-ethyl adjacent to an activating group) is 1. The molecule has 0 bridgehead atoms. The molecule has 2 aromatic heterocycles. The van der Waals surface area contributed by atoms with Gasteiger partial charge < -0.3 is 15.7 Å². The van der Waals surface area contributed by atoms with Gasteiger partial charge in [-0.2, -0.15) is 5.10 Å². The van der Waals surface area contributed by atoms with E-state index in [0.29, 0.717) is 17.9 Å². The quantitative estimate of drug-likeness (QED) is 0.697. The second-order valence-corrected chi connectivity index (χ2v) is 6.87. The first-order valence-electron chi connectivity index (χ1n) is 9.02. The Hall–Kier alpha value is -2.93. The van der Waals surface area contributed by atoms with Crippen LogP contribution >= 0.6 is 0 Å². The number of nitrogens with zero attached hydrogens (tertiary/aromatic N) is 5. The van der Waals surface area contributed by atoms with E-state index in [2.05, 4.69) is 22.0 Å². The zero-order chi connectivity index (χ0) is 19.6. The molecular formula is C20H26N6O. The molecule has 3 rings (SSSR count). The van der Waals surface area contributed by atoms with Crippen molar-refractivity contribution in [2.75, 3.05) is 18.5 Å². The van der Waals surface area contributed by atoms with Crippen molar-refractivity contribution >= 4 is 5.82 Å². The summed E-state index contributed by atoms with van der Waals surface area (Å²) in [5.74, 6) is 1.42. The number of phenolic OH excluding ortho intramolecular Hbond substituents is 1. The van der Waals surface area contributed by atoms with E-state index in [1.54, 1.807) is 16.9 Å². The molecule has 0 saturated carbocycles. The van der Waals surface area contributed by atoms with Crippen molar-refractivity contribution in [3.05, 3.63) is 42.4 Å². The van der Waals surface area contributed by atoms with Gasteiger partial charge in [0.15, 0.2) is 5.82 Å². The number of benzene rings is 1. The molecule has 3 N–H and O–H groups in total. The van der Waals surface area contributed by atoms with Gasteiger partial charge in [-0.15, -0.1) is 0 Å². The average Bonchev–Trinajstić information content (AvgIpc) is 3.07. The lowest BCUT2D eigenvalue weighted by atomic mass is 10.0. The highest BCUT2D eigenvalue weighted by Crippen LogP contribution is 2.32. The van der Waals surface area contributed by atoms with E-state index >= 15 is 0 Å². The first-order chi connectivity index (χ1) is 12.9. The zero-order valence-corrected chi connectivity index (χ0v) is 16.2. The Bertz CT molecular complexity index is 936. The summed E-state index contributed by atoms with van der Waals surface area (Å²) in [6.07, 6.45) is 4.62. The highest BCUT2D eigenvalue weighted by molar-refractivity contribution is 5.74. The minimum absolute atomic E-state index is 0.0797. The SMILES string of the molecule is CC[C@H](N)CN(C)c1cc(C)nc(-c2cc(-c3cnn(C)c3)ccc2O)n1. The fourth-order valence-corrected chi connectivity index (χ4v) is 2.91. The zero-order valence-electron chi connectivity index (χ0n) is 16.2. The van der Waals surface area contributed by atoms with Crippen molar-refractivity contribution in [1.29, 1.82) is 0 Å². The summed E-state index contributed by atoms with van der Waals surface area (Å²) < 4.78 is 1.75. The van der Waals surface area contributed by atoms with Crippen LogP contribution in [-0.2, 0) is 7.05 Å². The van der Waals surface area contributed by atoms with Crippen molar-refractivity contribution in [3.8, 4) is 28.3 Å². The molecular weight excluding hydrogens is 340 g/mol. The molecule has 2 heterocycles. The number of anilines is 1. The number of aromatic nitrogens is 4. The van der Waals surface area contributed by atoms with E-state index < -0.39 is 0 Å². The lowest BCUT2D eigenvalue weighted by molar-refractivity contribution is 0.477. The van der Waals surface area contributed by atoms with Crippen LogP contribution < -0.4 is 10.6 Å². The fraction of sp³-hybridized carbons (Fsp3) is 0.350. The lowest BCUT2D eigenvalue weighted by Crippen LogP contribution is -2.35. The first-order valence-corrected chi connectivity index (χ1v) is 9.02. The molecule has 0 aliphatic carbocycles. The van der Waals surface area contributed by atoms with Gasteiger partial charge in [-0.3, -0.25) is 4.68 Å². The van der Waals surface area contributed by atoms with Crippen molar-refractivity contribution in [2.24, 2.45) is 12.8 Å². The van der Waals surface area contributed by atoms with Gasteiger partial charge in [-0.05, 0) is 31.0 Å². The molecule has 0 spiro atoms. The minimum atomic E-state index is 0.0797. The predicted molar refractivity (Wildman–Crippen MR) is 108 cm³/mol. The number of hydrogen-bond acceptors (Lipinski definition) is 6. The van der Waals surface area contributed by atoms with E-state index in [1.165, 1.54) is 0 Å². The smallest absolute Gasteiger partial charge is 0.165 e. The molecule has 0 aliphatic heterocycles. The summed E-state index contributed by atoms with van der Waals surface area (Å²) in [5.41, 5.74) is 9.42. The maximum absolute atomic E-state index is 10.4. The molecule has 0 radical (unpaired) electrons. The van der Waals surface area contributed by atoms with Crippen LogP contribution in [0.1, 0.15) is 19.0 Å². The number of hydrogen-bond donors (Lipinski definition) is 2. The largest absolute Gasteiger partial charge is 0.507 e. The number of nitrogens with two attached hydrogens (primary N) is 1. The van der Waals surface area contributed by atoms with Gasteiger partial charge in [0.1, 0.15) is 11.6 Å². The van der Waals surface area contributed by atoms with Crippen LogP contribution in [-0.4, -0.2) is 44.5 Å². The van der Waals surface area contributed by atoms with Crippen molar-refractivity contribution in [2.45, 2.75) is 26.3 Å². The van der Waals surface area contributed by atoms with Crippen LogP contribution in [0, 0.1) is 6.92 Å². The third kappa shape index (κ3) is 4.25. The van der Waals surface area contributed by atoms with Gasteiger partial charge in [-0.25, -0.2) is 9.97 Å². The van der Waals surface area contributed by atoms with Crippen LogP contribution in [0.15, 0.2) is 36.7 Å². The van der Waals surface area contributed by atoms with Crippen LogP contribution in [0.5, 0.6) is 5.75 Å². The third-order valence-electron chi connectivity index (χ3n) is 4.54. The highest BCUT2D eigenvalue weighted by atomic mass is 16.3. The Kier molecular flexibility index (Phi) is 5.41. The standard InChI is InChI=1S/C20H26N6O/c1-5-16(21)12-25(3)19-8-13(2)23-20(24-19)17-9-14(6-7-18(17)27)15-10-22-26(4)11-15/h6-11,16,27H,5,12,21H2,1-4H3/t16-/m0/s1. The van der Waals surface area contributed by atoms with Crippen LogP contribution in [0.25, 0.3) is 22.5 Å². The average molecular weight is 366 g/mol. The third-order valence-corrected chi connectivity index (χ3v) is 4.54. The van der Waals surface area contributed by atoms with Crippen molar-refractivity contribution in [1.82, 2.24) is 19.7 Å². The highest BCUT2D eigenvalue weighted by Gasteiger charge is 2.14. The van der Waals surface area contributed by atoms with Gasteiger partial charge >= 0.3 is 0 Å². The summed E-state index contributed by atoms with van der Waals surface area (Å²) in [6.45, 7) is 4.69. The number of aromatic hydroxyl groups is 1. The van der Waals surface area contributed by atoms with Gasteiger partial charge in [0, 0.05) is 50.2 Å². The topological polar surface area (TPSA) is 93.1 Å². The Morgan fingerprint density at radius 1 is 1.22 bits per heavy atom. The van der Waals surface area contributed by atoms with Crippen LogP contribution in [0.2, 0.25) is 0 Å². The molecule has 0 aliphatic rings. The van der Waals surface area contributed by atoms with E-state index in [4.69, 9.17) is 5.73 Å². The van der Waals surface area contributed by atoms with Gasteiger partial charge in [-0.1, -0.05) is 13.0 Å². The predicted octanol–water partition coefficient (Wildman–Crippen LogP) is 2.73. The number of aryl methyl sites for hydroxylation is 2. The van der Waals surface area contributed by atoms with E-state index in [1.807, 2.05) is 50.3 Å². The summed E-state index contributed by atoms with van der Waals surface area (Å²) in [6, 6.07) is 7.42. The maximum atomic E-state index is 10.4. The molecule has 1 aromatic carbocycles. The molecule has 7 heteroatoms. The fourth-order valence-electron chi connectivity index (χ4n) is 2.91. The molecule has 27 heavy (non-hydrogen) atoms. The number of phenols is 1. The molecule has 0 fully saturated rings. The molecule has 7 nitrogen and oxygen atoms in total. The lowest BCUT2D eigenvalue weighted by Gasteiger charge is -2.22. The molecule has 0 amide bonds. The second kappa shape index (κ2) is 7.75. The normalized spacial score (nSPS) is 12.2. The minimum Gasteiger partial charge on any atom is -0.507 e. The van der Waals surface area contributed by atoms with Crippen molar-refractivity contribution < 1.29 is 5.11 Å². The van der Waals surface area contributed by atoms with E-state index in [-0.39, 0.29) is 11.8 Å². The van der Waals surface area contributed by atoms with Gasteiger partial charge in [0.05, 0.1) is 11.8 Å². The summed E-state index contributed by atoms with van der Waals surface area (Å²) in [5, 5.41) is 14.6. The van der Waals surface area contributed by atoms with E-state index in [0.717, 1.165) is 29.1 Å². The summed E-state index contributed by atoms with van der Waals surface area (Å²) >= 11 is 0. The molecule has 0 unspecified atom stereocenters. The van der Waals surface area contributed by atoms with Gasteiger partial charge in [0.2, 0.25) is 0 Å².